The zero-order valence-corrected chi connectivity index (χ0v) is 58.7. The smallest absolute Gasteiger partial charge is 0.159 e. The van der Waals surface area contributed by atoms with Crippen molar-refractivity contribution < 1.29 is 13.3 Å². The number of rotatable bonds is 9. The van der Waals surface area contributed by atoms with Crippen LogP contribution in [0.1, 0.15) is 0 Å². The molecule has 24 rings (SSSR count). The molecule has 0 spiro atoms. The fourth-order valence-corrected chi connectivity index (χ4v) is 18.7. The monoisotopic (exact) mass is 1390 g/mol. The molecule has 0 aliphatic carbocycles. The van der Waals surface area contributed by atoms with Crippen LogP contribution >= 0.6 is 0 Å². The van der Waals surface area contributed by atoms with Crippen LogP contribution in [0.3, 0.4) is 0 Å². The third-order valence-corrected chi connectivity index (χ3v) is 23.2. The summed E-state index contributed by atoms with van der Waals surface area (Å²) in [5.74, 6) is 0. The highest BCUT2D eigenvalue weighted by Crippen LogP contribution is 2.53. The molecule has 7 heteroatoms. The Morgan fingerprint density at radius 3 is 1.01 bits per heavy atom. The minimum Gasteiger partial charge on any atom is -0.454 e. The van der Waals surface area contributed by atoms with Crippen molar-refractivity contribution in [2.45, 2.75) is 0 Å². The van der Waals surface area contributed by atoms with Crippen molar-refractivity contribution in [2.24, 2.45) is 0 Å². The lowest BCUT2D eigenvalue weighted by Crippen LogP contribution is -1.97. The van der Waals surface area contributed by atoms with E-state index in [2.05, 4.69) is 376 Å². The first-order valence-corrected chi connectivity index (χ1v) is 37.3. The highest BCUT2D eigenvalue weighted by molar-refractivity contribution is 6.28. The summed E-state index contributed by atoms with van der Waals surface area (Å²) in [5, 5.41) is 15.8. The van der Waals surface area contributed by atoms with E-state index in [1.807, 2.05) is 6.07 Å². The van der Waals surface area contributed by atoms with E-state index < -0.39 is 0 Å². The van der Waals surface area contributed by atoms with Gasteiger partial charge in [-0.25, -0.2) is 0 Å². The average Bonchev–Trinajstić information content (AvgIpc) is 1.56. The lowest BCUT2D eigenvalue weighted by atomic mass is 9.88. The van der Waals surface area contributed by atoms with Gasteiger partial charge in [-0.15, -0.1) is 0 Å². The van der Waals surface area contributed by atoms with Gasteiger partial charge in [0.2, 0.25) is 0 Å². The molecule has 0 atom stereocenters. The molecule has 7 nitrogen and oxygen atoms in total. The molecule has 506 valence electrons. The molecule has 0 aliphatic heterocycles. The van der Waals surface area contributed by atoms with Crippen LogP contribution in [0.4, 0.5) is 0 Å². The minimum atomic E-state index is 0.824. The van der Waals surface area contributed by atoms with E-state index in [0.717, 1.165) is 204 Å². The van der Waals surface area contributed by atoms with Crippen molar-refractivity contribution in [3.8, 4) is 78.4 Å². The number of hydrogen-bond donors (Lipinski definition) is 0. The van der Waals surface area contributed by atoms with Crippen molar-refractivity contribution in [1.29, 1.82) is 0 Å². The third kappa shape index (κ3) is 8.52. The van der Waals surface area contributed by atoms with Crippen molar-refractivity contribution in [3.05, 3.63) is 364 Å². The molecule has 0 aliphatic rings. The zero-order chi connectivity index (χ0) is 71.1. The molecule has 0 bridgehead atoms. The van der Waals surface area contributed by atoms with Crippen LogP contribution in [0.15, 0.2) is 377 Å². The summed E-state index contributed by atoms with van der Waals surface area (Å²) in [5.41, 5.74) is 29.2. The summed E-state index contributed by atoms with van der Waals surface area (Å²) in [6.45, 7) is 0. The van der Waals surface area contributed by atoms with Crippen molar-refractivity contribution >= 4 is 153 Å². The number of aromatic nitrogens is 4. The number of benzene rings is 17. The normalized spacial score (nSPS) is 12.2. The first-order valence-electron chi connectivity index (χ1n) is 37.3. The molecule has 0 saturated carbocycles. The molecule has 7 aromatic heterocycles. The fraction of sp³-hybridized carbons (Fsp3) is 0. The quantitative estimate of drug-likeness (QED) is 0.145. The van der Waals surface area contributed by atoms with Crippen molar-refractivity contribution in [2.75, 3.05) is 0 Å². The molecule has 0 radical (unpaired) electrons. The summed E-state index contributed by atoms with van der Waals surface area (Å²) in [4.78, 5) is 0. The Bertz CT molecular complexity index is 7970. The maximum absolute atomic E-state index is 7.20. The summed E-state index contributed by atoms with van der Waals surface area (Å²) in [6, 6.07) is 133. The summed E-state index contributed by atoms with van der Waals surface area (Å²) >= 11 is 0. The van der Waals surface area contributed by atoms with Gasteiger partial charge in [-0.3, -0.25) is 0 Å². The predicted octanol–water partition coefficient (Wildman–Crippen LogP) is 28.1. The van der Waals surface area contributed by atoms with Crippen LogP contribution in [-0.4, -0.2) is 18.3 Å². The van der Waals surface area contributed by atoms with Crippen LogP contribution in [-0.2, 0) is 0 Å². The van der Waals surface area contributed by atoms with Crippen molar-refractivity contribution in [3.63, 3.8) is 0 Å². The van der Waals surface area contributed by atoms with Gasteiger partial charge in [-0.1, -0.05) is 261 Å². The molecular weight excluding hydrogens is 1330 g/mol. The van der Waals surface area contributed by atoms with E-state index in [9.17, 15) is 0 Å². The van der Waals surface area contributed by atoms with Crippen LogP contribution in [0.5, 0.6) is 0 Å². The highest BCUT2D eigenvalue weighted by Gasteiger charge is 2.30. The van der Waals surface area contributed by atoms with E-state index in [1.54, 1.807) is 0 Å². The van der Waals surface area contributed by atoms with Gasteiger partial charge >= 0.3 is 0 Å². The van der Waals surface area contributed by atoms with Gasteiger partial charge in [0.1, 0.15) is 16.7 Å². The second-order valence-corrected chi connectivity index (χ2v) is 28.8. The molecule has 0 saturated heterocycles. The first kappa shape index (κ1) is 59.7. The number of fused-ring (bicyclic) bond motifs is 21. The molecule has 7 heterocycles. The van der Waals surface area contributed by atoms with E-state index in [4.69, 9.17) is 13.3 Å². The number of hydrogen-bond acceptors (Lipinski definition) is 3. The molecule has 0 fully saturated rings. The van der Waals surface area contributed by atoms with E-state index >= 15 is 0 Å². The average molecular weight is 1390 g/mol. The molecule has 109 heavy (non-hydrogen) atoms. The Morgan fingerprint density at radius 1 is 0.174 bits per heavy atom. The second-order valence-electron chi connectivity index (χ2n) is 28.8. The Kier molecular flexibility index (Phi) is 12.6. The maximum atomic E-state index is 7.20. The maximum Gasteiger partial charge on any atom is 0.159 e. The Morgan fingerprint density at radius 2 is 0.514 bits per heavy atom. The summed E-state index contributed by atoms with van der Waals surface area (Å²) < 4.78 is 30.7. The molecule has 24 aromatic rings. The first-order chi connectivity index (χ1) is 54.1. The fourth-order valence-electron chi connectivity index (χ4n) is 18.7. The topological polar surface area (TPSA) is 59.1 Å². The third-order valence-electron chi connectivity index (χ3n) is 23.2. The highest BCUT2D eigenvalue weighted by atomic mass is 16.3. The largest absolute Gasteiger partial charge is 0.454 e. The van der Waals surface area contributed by atoms with Gasteiger partial charge in [-0.05, 0) is 148 Å². The zero-order valence-electron chi connectivity index (χ0n) is 58.7. The van der Waals surface area contributed by atoms with E-state index in [-0.39, 0.29) is 0 Å². The molecule has 17 aromatic carbocycles. The van der Waals surface area contributed by atoms with Gasteiger partial charge in [0.15, 0.2) is 16.7 Å². The van der Waals surface area contributed by atoms with E-state index in [1.165, 1.54) is 27.3 Å². The van der Waals surface area contributed by atoms with Crippen LogP contribution in [0.25, 0.3) is 231 Å². The Hall–Kier alpha value is -14.7. The van der Waals surface area contributed by atoms with Gasteiger partial charge in [0.05, 0.1) is 61.2 Å². The van der Waals surface area contributed by atoms with Crippen LogP contribution in [0.2, 0.25) is 0 Å². The van der Waals surface area contributed by atoms with Crippen molar-refractivity contribution in [1.82, 2.24) is 18.3 Å². The second kappa shape index (κ2) is 22.9. The standard InChI is InChI=1S/C102H60N4O3/c1-3-25-62(26-4-1)66-55-58-87-99(96(66)77-38-23-44-84-94(77)73-32-7-14-40-80(73)103(84)65-27-5-2-6-28-65)76-35-10-17-43-83(76)106(87)90-60-64(59-79-70-31-13-20-50-93(70)109-102(79)90)61-51-53-63(54-52-61)67-56-57-86-98(75-34-9-16-42-82(75)105(86)89-47-22-37-72-69-30-12-19-49-92(69)108-101(72)89)97(67)78-39-24-45-85-95(78)74-33-8-15-41-81(74)104(85)88-46-21-36-71-68-29-11-18-48-91(68)107-100(71)88/h1-60H. The lowest BCUT2D eigenvalue weighted by molar-refractivity contribution is 0.666. The summed E-state index contributed by atoms with van der Waals surface area (Å²) in [6.07, 6.45) is 0. The Labute approximate surface area is 623 Å². The molecule has 0 amide bonds. The predicted molar refractivity (Wildman–Crippen MR) is 453 cm³/mol. The van der Waals surface area contributed by atoms with Crippen LogP contribution in [0, 0.1) is 0 Å². The minimum absolute atomic E-state index is 0.824. The number of furan rings is 3. The number of nitrogens with zero attached hydrogens (tertiary/aromatic N) is 4. The van der Waals surface area contributed by atoms with E-state index in [0.29, 0.717) is 0 Å². The van der Waals surface area contributed by atoms with Gasteiger partial charge < -0.3 is 31.5 Å². The van der Waals surface area contributed by atoms with Crippen LogP contribution < -0.4 is 0 Å². The van der Waals surface area contributed by atoms with Gasteiger partial charge in [0.25, 0.3) is 0 Å². The molecular formula is C102H60N4O3. The lowest BCUT2D eigenvalue weighted by Gasteiger charge is -2.17. The molecule has 0 unspecified atom stereocenters. The number of para-hydroxylation sites is 10. The van der Waals surface area contributed by atoms with Gasteiger partial charge in [-0.2, -0.15) is 0 Å². The SMILES string of the molecule is c1ccc(-c2ccc3c(c2-c2cccc4c2c2ccccc2n4-c2ccccc2)c2ccccc2n3-c2cc(-c3ccc(-c4ccc5c(c4-c4cccc6c4c4ccccc4n6-c4cccc6c4oc4ccccc46)c4ccccc4n5-c4cccc5c4oc4ccccc45)cc3)cc3c2oc2ccccc23)cc1. The summed E-state index contributed by atoms with van der Waals surface area (Å²) in [7, 11) is 0. The Balaban J connectivity index is 0.741. The van der Waals surface area contributed by atoms with Gasteiger partial charge in [0, 0.05) is 92.2 Å². The molecule has 0 N–H and O–H groups in total.